The molecule has 0 radical (unpaired) electrons. The number of hydrogen-bond acceptors (Lipinski definition) is 4. The van der Waals surface area contributed by atoms with Crippen molar-refractivity contribution in [3.8, 4) is 0 Å². The lowest BCUT2D eigenvalue weighted by atomic mass is 9.94. The van der Waals surface area contributed by atoms with Crippen molar-refractivity contribution in [1.29, 1.82) is 0 Å². The zero-order valence-electron chi connectivity index (χ0n) is 16.3. The van der Waals surface area contributed by atoms with Gasteiger partial charge in [-0.25, -0.2) is 8.78 Å². The number of amides is 2. The number of nitrogens with one attached hydrogen (secondary N) is 3. The number of rotatable bonds is 6. The molecule has 1 aliphatic heterocycles. The smallest absolute Gasteiger partial charge is 0.270 e. The fourth-order valence-electron chi connectivity index (χ4n) is 3.01. The summed E-state index contributed by atoms with van der Waals surface area (Å²) < 4.78 is 26.8. The van der Waals surface area contributed by atoms with Crippen LogP contribution in [0.4, 0.5) is 8.78 Å². The van der Waals surface area contributed by atoms with Gasteiger partial charge in [-0.1, -0.05) is 38.1 Å². The normalized spacial score (nSPS) is 21.9. The van der Waals surface area contributed by atoms with Gasteiger partial charge in [0.1, 0.15) is 6.29 Å². The van der Waals surface area contributed by atoms with Crippen molar-refractivity contribution in [1.82, 2.24) is 20.9 Å². The number of nitrogens with zero attached hydrogens (tertiary/aromatic N) is 1. The minimum Gasteiger partial charge on any atom is -0.348 e. The lowest BCUT2D eigenvalue weighted by Crippen LogP contribution is -2.65. The van der Waals surface area contributed by atoms with Crippen LogP contribution in [0.15, 0.2) is 24.3 Å². The SMILES string of the molecule is CC(C)[C@@H](NC(=O)C1CC(=O)NC(N(C)C)N1)c1ccc(C(C)(F)F)cc1. The minimum atomic E-state index is -2.91. The summed E-state index contributed by atoms with van der Waals surface area (Å²) in [5.74, 6) is -3.36. The quantitative estimate of drug-likeness (QED) is 0.703. The number of halogens is 2. The number of hydrogen-bond donors (Lipinski definition) is 3. The Morgan fingerprint density at radius 2 is 1.85 bits per heavy atom. The lowest BCUT2D eigenvalue weighted by molar-refractivity contribution is -0.134. The van der Waals surface area contributed by atoms with Crippen molar-refractivity contribution in [3.05, 3.63) is 35.4 Å². The Bertz CT molecular complexity index is 671. The molecule has 0 spiro atoms. The molecule has 6 nitrogen and oxygen atoms in total. The van der Waals surface area contributed by atoms with Crippen LogP contribution in [0.2, 0.25) is 0 Å². The van der Waals surface area contributed by atoms with Crippen LogP contribution in [-0.4, -0.2) is 43.1 Å². The van der Waals surface area contributed by atoms with Gasteiger partial charge >= 0.3 is 0 Å². The molecule has 8 heteroatoms. The van der Waals surface area contributed by atoms with Crippen molar-refractivity contribution in [2.45, 2.75) is 51.5 Å². The number of alkyl halides is 2. The molecule has 1 aromatic carbocycles. The summed E-state index contributed by atoms with van der Waals surface area (Å²) in [7, 11) is 3.58. The van der Waals surface area contributed by atoms with E-state index < -0.39 is 18.3 Å². The van der Waals surface area contributed by atoms with E-state index in [1.165, 1.54) is 12.1 Å². The van der Waals surface area contributed by atoms with Crippen LogP contribution in [0, 0.1) is 5.92 Å². The fourth-order valence-corrected chi connectivity index (χ4v) is 3.01. The fraction of sp³-hybridized carbons (Fsp3) is 0.579. The first kappa shape index (κ1) is 21.2. The molecule has 3 atom stereocenters. The van der Waals surface area contributed by atoms with Gasteiger partial charge in [-0.2, -0.15) is 0 Å². The first-order valence-electron chi connectivity index (χ1n) is 8.99. The molecule has 2 rings (SSSR count). The largest absolute Gasteiger partial charge is 0.348 e. The maximum absolute atomic E-state index is 13.4. The first-order valence-corrected chi connectivity index (χ1v) is 8.99. The van der Waals surface area contributed by atoms with Gasteiger partial charge in [0.05, 0.1) is 18.5 Å². The summed E-state index contributed by atoms with van der Waals surface area (Å²) in [5, 5.41) is 8.80. The minimum absolute atomic E-state index is 0.0436. The Labute approximate surface area is 158 Å². The van der Waals surface area contributed by atoms with E-state index in [1.807, 2.05) is 13.8 Å². The highest BCUT2D eigenvalue weighted by molar-refractivity contribution is 5.89. The van der Waals surface area contributed by atoms with Crippen LogP contribution in [0.25, 0.3) is 0 Å². The molecule has 3 N–H and O–H groups in total. The molecule has 150 valence electrons. The molecule has 1 fully saturated rings. The number of carbonyl (C=O) groups is 2. The summed E-state index contributed by atoms with van der Waals surface area (Å²) in [5.41, 5.74) is 0.676. The first-order chi connectivity index (χ1) is 12.5. The second kappa shape index (κ2) is 8.31. The van der Waals surface area contributed by atoms with Crippen molar-refractivity contribution in [2.24, 2.45) is 5.92 Å². The molecule has 1 saturated heterocycles. The predicted octanol–water partition coefficient (Wildman–Crippen LogP) is 1.93. The zero-order chi connectivity index (χ0) is 20.4. The van der Waals surface area contributed by atoms with E-state index in [-0.39, 0.29) is 35.8 Å². The van der Waals surface area contributed by atoms with E-state index >= 15 is 0 Å². The molecular formula is C19H28F2N4O2. The molecule has 2 amide bonds. The van der Waals surface area contributed by atoms with Crippen molar-refractivity contribution < 1.29 is 18.4 Å². The maximum Gasteiger partial charge on any atom is 0.270 e. The van der Waals surface area contributed by atoms with E-state index in [0.29, 0.717) is 0 Å². The zero-order valence-corrected chi connectivity index (χ0v) is 16.3. The van der Waals surface area contributed by atoms with Crippen molar-refractivity contribution in [2.75, 3.05) is 14.1 Å². The van der Waals surface area contributed by atoms with Crippen LogP contribution in [0.1, 0.15) is 44.4 Å². The van der Waals surface area contributed by atoms with Gasteiger partial charge in [0, 0.05) is 12.5 Å². The van der Waals surface area contributed by atoms with E-state index in [0.717, 1.165) is 12.5 Å². The van der Waals surface area contributed by atoms with Crippen LogP contribution in [0.3, 0.4) is 0 Å². The Hall–Kier alpha value is -2.06. The summed E-state index contributed by atoms with van der Waals surface area (Å²) >= 11 is 0. The molecule has 27 heavy (non-hydrogen) atoms. The Morgan fingerprint density at radius 3 is 2.33 bits per heavy atom. The highest BCUT2D eigenvalue weighted by Gasteiger charge is 2.33. The van der Waals surface area contributed by atoms with Crippen molar-refractivity contribution in [3.63, 3.8) is 0 Å². The number of carbonyl (C=O) groups excluding carboxylic acids is 2. The summed E-state index contributed by atoms with van der Waals surface area (Å²) in [6, 6.07) is 4.98. The molecule has 0 aliphatic carbocycles. The summed E-state index contributed by atoms with van der Waals surface area (Å²) in [4.78, 5) is 26.4. The van der Waals surface area contributed by atoms with E-state index in [2.05, 4.69) is 16.0 Å². The maximum atomic E-state index is 13.4. The second-order valence-electron chi connectivity index (χ2n) is 7.60. The highest BCUT2D eigenvalue weighted by Crippen LogP contribution is 2.29. The Balaban J connectivity index is 2.13. The van der Waals surface area contributed by atoms with Gasteiger partial charge in [0.2, 0.25) is 11.8 Å². The third-order valence-corrected chi connectivity index (χ3v) is 4.62. The highest BCUT2D eigenvalue weighted by atomic mass is 19.3. The van der Waals surface area contributed by atoms with E-state index in [1.54, 1.807) is 31.1 Å². The van der Waals surface area contributed by atoms with E-state index in [4.69, 9.17) is 0 Å². The van der Waals surface area contributed by atoms with Crippen LogP contribution in [-0.2, 0) is 15.5 Å². The van der Waals surface area contributed by atoms with Gasteiger partial charge in [0.15, 0.2) is 0 Å². The van der Waals surface area contributed by atoms with Gasteiger partial charge in [-0.3, -0.25) is 19.8 Å². The molecule has 1 aromatic rings. The summed E-state index contributed by atoms with van der Waals surface area (Å²) in [6.07, 6.45) is -0.382. The second-order valence-corrected chi connectivity index (χ2v) is 7.60. The van der Waals surface area contributed by atoms with Crippen LogP contribution >= 0.6 is 0 Å². The molecule has 0 saturated carbocycles. The van der Waals surface area contributed by atoms with E-state index in [9.17, 15) is 18.4 Å². The monoisotopic (exact) mass is 382 g/mol. The Kier molecular flexibility index (Phi) is 6.54. The summed E-state index contributed by atoms with van der Waals surface area (Å²) in [6.45, 7) is 4.73. The molecule has 1 aliphatic rings. The predicted molar refractivity (Wildman–Crippen MR) is 98.9 cm³/mol. The van der Waals surface area contributed by atoms with Crippen molar-refractivity contribution >= 4 is 11.8 Å². The van der Waals surface area contributed by atoms with Crippen LogP contribution in [0.5, 0.6) is 0 Å². The van der Waals surface area contributed by atoms with Gasteiger partial charge in [-0.05, 0) is 25.6 Å². The Morgan fingerprint density at radius 1 is 1.26 bits per heavy atom. The average Bonchev–Trinajstić information content (AvgIpc) is 2.58. The third kappa shape index (κ3) is 5.46. The molecule has 0 bridgehead atoms. The average molecular weight is 382 g/mol. The van der Waals surface area contributed by atoms with Crippen LogP contribution < -0.4 is 16.0 Å². The molecular weight excluding hydrogens is 354 g/mol. The van der Waals surface area contributed by atoms with Gasteiger partial charge in [-0.15, -0.1) is 0 Å². The lowest BCUT2D eigenvalue weighted by Gasteiger charge is -2.35. The number of benzene rings is 1. The van der Waals surface area contributed by atoms with Gasteiger partial charge < -0.3 is 10.6 Å². The standard InChI is InChI=1S/C19H28F2N4O2/c1-11(2)16(12-6-8-13(9-7-12)19(3,20)21)24-17(27)14-10-15(26)23-18(22-14)25(4)5/h6-9,11,14,16,18,22H,10H2,1-5H3,(H,23,26)(H,24,27)/t14?,16-,18?/m1/s1. The molecule has 0 aromatic heterocycles. The molecule has 2 unspecified atom stereocenters. The third-order valence-electron chi connectivity index (χ3n) is 4.62. The van der Waals surface area contributed by atoms with Gasteiger partial charge in [0.25, 0.3) is 5.92 Å². The molecule has 1 heterocycles. The topological polar surface area (TPSA) is 73.5 Å².